The highest BCUT2D eigenvalue weighted by Gasteiger charge is 2.20. The lowest BCUT2D eigenvalue weighted by Crippen LogP contribution is -2.34. The molecule has 3 rings (SSSR count). The number of carbonyl (C=O) groups is 2. The van der Waals surface area contributed by atoms with Gasteiger partial charge in [-0.25, -0.2) is 0 Å². The predicted molar refractivity (Wildman–Crippen MR) is 85.8 cm³/mol. The van der Waals surface area contributed by atoms with Gasteiger partial charge in [0.25, 0.3) is 5.91 Å². The minimum Gasteiger partial charge on any atom is -0.354 e. The summed E-state index contributed by atoms with van der Waals surface area (Å²) in [5.74, 6) is 0.729. The number of hydrogen-bond acceptors (Lipinski definition) is 2. The van der Waals surface area contributed by atoms with Crippen molar-refractivity contribution in [1.29, 1.82) is 0 Å². The van der Waals surface area contributed by atoms with Crippen molar-refractivity contribution < 1.29 is 9.59 Å². The van der Waals surface area contributed by atoms with Gasteiger partial charge >= 0.3 is 0 Å². The molecule has 1 saturated carbocycles. The highest BCUT2D eigenvalue weighted by molar-refractivity contribution is 5.94. The van der Waals surface area contributed by atoms with Gasteiger partial charge in [0.2, 0.25) is 5.91 Å². The maximum absolute atomic E-state index is 12.5. The van der Waals surface area contributed by atoms with Gasteiger partial charge in [0.15, 0.2) is 0 Å². The van der Waals surface area contributed by atoms with Crippen LogP contribution in [0.1, 0.15) is 60.4 Å². The van der Waals surface area contributed by atoms with E-state index < -0.39 is 0 Å². The third-order valence-corrected chi connectivity index (χ3v) is 4.83. The summed E-state index contributed by atoms with van der Waals surface area (Å²) in [5.41, 5.74) is 2.10. The van der Waals surface area contributed by atoms with Crippen LogP contribution in [0.4, 0.5) is 0 Å². The summed E-state index contributed by atoms with van der Waals surface area (Å²) in [6.07, 6.45) is 6.93. The highest BCUT2D eigenvalue weighted by atomic mass is 16.2. The lowest BCUT2D eigenvalue weighted by atomic mass is 9.84. The van der Waals surface area contributed by atoms with Crippen LogP contribution in [0.15, 0.2) is 24.3 Å². The van der Waals surface area contributed by atoms with E-state index in [4.69, 9.17) is 0 Å². The molecule has 1 aromatic rings. The Kier molecular flexibility index (Phi) is 4.76. The molecular weight excluding hydrogens is 276 g/mol. The second kappa shape index (κ2) is 6.95. The van der Waals surface area contributed by atoms with E-state index in [-0.39, 0.29) is 11.8 Å². The van der Waals surface area contributed by atoms with Crippen LogP contribution in [0.25, 0.3) is 0 Å². The molecule has 1 saturated heterocycles. The second-order valence-electron chi connectivity index (χ2n) is 6.35. The van der Waals surface area contributed by atoms with Crippen LogP contribution >= 0.6 is 0 Å². The van der Waals surface area contributed by atoms with Crippen molar-refractivity contribution in [2.45, 2.75) is 44.4 Å². The molecule has 0 unspecified atom stereocenters. The lowest BCUT2D eigenvalue weighted by molar-refractivity contribution is -0.120. The smallest absolute Gasteiger partial charge is 0.253 e. The summed E-state index contributed by atoms with van der Waals surface area (Å²) in [7, 11) is 0. The first kappa shape index (κ1) is 15.1. The van der Waals surface area contributed by atoms with Crippen LogP contribution in [-0.4, -0.2) is 36.3 Å². The molecule has 2 amide bonds. The predicted octanol–water partition coefficient (Wildman–Crippen LogP) is 2.70. The van der Waals surface area contributed by atoms with Crippen molar-refractivity contribution in [2.24, 2.45) is 0 Å². The van der Waals surface area contributed by atoms with Gasteiger partial charge < -0.3 is 10.2 Å². The summed E-state index contributed by atoms with van der Waals surface area (Å²) >= 11 is 0. The van der Waals surface area contributed by atoms with Gasteiger partial charge in [-0.05, 0) is 36.5 Å². The normalized spacial score (nSPS) is 20.4. The van der Waals surface area contributed by atoms with Gasteiger partial charge in [-0.15, -0.1) is 0 Å². The Labute approximate surface area is 131 Å². The first-order chi connectivity index (χ1) is 10.7. The molecule has 2 aliphatic rings. The zero-order chi connectivity index (χ0) is 15.4. The minimum atomic E-state index is 0.0305. The van der Waals surface area contributed by atoms with Crippen LogP contribution in [0, 0.1) is 0 Å². The highest BCUT2D eigenvalue weighted by Crippen LogP contribution is 2.32. The number of amides is 2. The van der Waals surface area contributed by atoms with E-state index in [1.54, 1.807) is 4.90 Å². The largest absolute Gasteiger partial charge is 0.354 e. The maximum atomic E-state index is 12.5. The zero-order valence-corrected chi connectivity index (χ0v) is 13.0. The summed E-state index contributed by atoms with van der Waals surface area (Å²) < 4.78 is 0. The first-order valence-electron chi connectivity index (χ1n) is 8.40. The Morgan fingerprint density at radius 1 is 1.05 bits per heavy atom. The molecule has 1 heterocycles. The van der Waals surface area contributed by atoms with Crippen molar-refractivity contribution in [1.82, 2.24) is 10.2 Å². The van der Waals surface area contributed by atoms with Gasteiger partial charge in [0.05, 0.1) is 0 Å². The van der Waals surface area contributed by atoms with E-state index in [1.807, 2.05) is 12.1 Å². The van der Waals surface area contributed by atoms with E-state index in [9.17, 15) is 9.59 Å². The molecule has 1 aliphatic heterocycles. The Bertz CT molecular complexity index is 533. The summed E-state index contributed by atoms with van der Waals surface area (Å²) in [6, 6.07) is 8.13. The third kappa shape index (κ3) is 3.49. The Hall–Kier alpha value is -1.84. The molecule has 118 valence electrons. The first-order valence-corrected chi connectivity index (χ1v) is 8.40. The SMILES string of the molecule is O=C1CCN(C(=O)c2ccc(C3CCCCC3)cc2)CCN1. The van der Waals surface area contributed by atoms with Gasteiger partial charge in [0.1, 0.15) is 0 Å². The average molecular weight is 300 g/mol. The number of nitrogens with zero attached hydrogens (tertiary/aromatic N) is 1. The van der Waals surface area contributed by atoms with E-state index in [1.165, 1.54) is 37.7 Å². The van der Waals surface area contributed by atoms with E-state index in [0.29, 0.717) is 32.0 Å². The Morgan fingerprint density at radius 3 is 2.50 bits per heavy atom. The Balaban J connectivity index is 1.66. The van der Waals surface area contributed by atoms with E-state index in [0.717, 1.165) is 5.56 Å². The molecule has 1 aliphatic carbocycles. The van der Waals surface area contributed by atoms with Crippen molar-refractivity contribution in [2.75, 3.05) is 19.6 Å². The third-order valence-electron chi connectivity index (χ3n) is 4.83. The fraction of sp³-hybridized carbons (Fsp3) is 0.556. The zero-order valence-electron chi connectivity index (χ0n) is 13.0. The van der Waals surface area contributed by atoms with Gasteiger partial charge in [-0.2, -0.15) is 0 Å². The maximum Gasteiger partial charge on any atom is 0.253 e. The summed E-state index contributed by atoms with van der Waals surface area (Å²) in [5, 5.41) is 2.80. The molecule has 0 atom stereocenters. The lowest BCUT2D eigenvalue weighted by Gasteiger charge is -2.23. The summed E-state index contributed by atoms with van der Waals surface area (Å²) in [4.78, 5) is 25.7. The Morgan fingerprint density at radius 2 is 1.77 bits per heavy atom. The number of hydrogen-bond donors (Lipinski definition) is 1. The fourth-order valence-electron chi connectivity index (χ4n) is 3.49. The average Bonchev–Trinajstić information content (AvgIpc) is 2.80. The molecule has 4 nitrogen and oxygen atoms in total. The van der Waals surface area contributed by atoms with Crippen LogP contribution in [0.2, 0.25) is 0 Å². The van der Waals surface area contributed by atoms with Crippen LogP contribution in [0.3, 0.4) is 0 Å². The number of rotatable bonds is 2. The quantitative estimate of drug-likeness (QED) is 0.913. The molecule has 4 heteroatoms. The number of carbonyl (C=O) groups excluding carboxylic acids is 2. The van der Waals surface area contributed by atoms with Crippen LogP contribution in [0.5, 0.6) is 0 Å². The number of nitrogens with one attached hydrogen (secondary N) is 1. The molecule has 0 bridgehead atoms. The molecule has 2 fully saturated rings. The molecule has 0 radical (unpaired) electrons. The minimum absolute atomic E-state index is 0.0305. The van der Waals surface area contributed by atoms with Crippen molar-refractivity contribution in [3.63, 3.8) is 0 Å². The monoisotopic (exact) mass is 300 g/mol. The van der Waals surface area contributed by atoms with Crippen molar-refractivity contribution >= 4 is 11.8 Å². The molecule has 1 aromatic carbocycles. The van der Waals surface area contributed by atoms with Crippen molar-refractivity contribution in [3.8, 4) is 0 Å². The molecule has 22 heavy (non-hydrogen) atoms. The molecule has 0 spiro atoms. The van der Waals surface area contributed by atoms with Gasteiger partial charge in [-0.3, -0.25) is 9.59 Å². The summed E-state index contributed by atoms with van der Waals surface area (Å²) in [6.45, 7) is 1.65. The van der Waals surface area contributed by atoms with Crippen LogP contribution in [-0.2, 0) is 4.79 Å². The topological polar surface area (TPSA) is 49.4 Å². The van der Waals surface area contributed by atoms with E-state index >= 15 is 0 Å². The van der Waals surface area contributed by atoms with E-state index in [2.05, 4.69) is 17.4 Å². The van der Waals surface area contributed by atoms with Gasteiger partial charge in [0, 0.05) is 31.6 Å². The molecule has 0 aromatic heterocycles. The fourth-order valence-corrected chi connectivity index (χ4v) is 3.49. The second-order valence-corrected chi connectivity index (χ2v) is 6.35. The standard InChI is InChI=1S/C18H24N2O2/c21-17-10-12-20(13-11-19-17)18(22)16-8-6-15(7-9-16)14-4-2-1-3-5-14/h6-9,14H,1-5,10-13H2,(H,19,21). The molecular formula is C18H24N2O2. The number of benzene rings is 1. The van der Waals surface area contributed by atoms with Crippen LogP contribution < -0.4 is 5.32 Å². The van der Waals surface area contributed by atoms with Crippen molar-refractivity contribution in [3.05, 3.63) is 35.4 Å². The van der Waals surface area contributed by atoms with Gasteiger partial charge in [-0.1, -0.05) is 31.4 Å². The molecule has 1 N–H and O–H groups in total.